The molecule has 9 atom stereocenters. The first-order valence-corrected chi connectivity index (χ1v) is 18.2. The number of hydrogen-bond acceptors (Lipinski definition) is 2. The van der Waals surface area contributed by atoms with Gasteiger partial charge in [0.15, 0.2) is 0 Å². The molecule has 1 saturated heterocycles. The molecular formula is C42H51FN2. The van der Waals surface area contributed by atoms with E-state index in [0.29, 0.717) is 47.7 Å². The van der Waals surface area contributed by atoms with E-state index in [9.17, 15) is 0 Å². The summed E-state index contributed by atoms with van der Waals surface area (Å²) in [6.45, 7) is 1.77. The third-order valence-corrected chi connectivity index (χ3v) is 12.3. The van der Waals surface area contributed by atoms with Gasteiger partial charge >= 0.3 is 0 Å². The van der Waals surface area contributed by atoms with Crippen LogP contribution in [0.15, 0.2) is 119 Å². The minimum atomic E-state index is -0.838. The summed E-state index contributed by atoms with van der Waals surface area (Å²) in [4.78, 5) is 2.79. The Kier molecular flexibility index (Phi) is 8.33. The summed E-state index contributed by atoms with van der Waals surface area (Å²) in [5, 5.41) is 4.20. The van der Waals surface area contributed by atoms with Gasteiger partial charge < -0.3 is 10.2 Å². The van der Waals surface area contributed by atoms with Gasteiger partial charge in [-0.05, 0) is 125 Å². The van der Waals surface area contributed by atoms with Crippen molar-refractivity contribution < 1.29 is 4.39 Å². The maximum absolute atomic E-state index is 15.0. The molecule has 7 aliphatic carbocycles. The van der Waals surface area contributed by atoms with Crippen LogP contribution in [0, 0.1) is 29.6 Å². The molecule has 0 bridgehead atoms. The summed E-state index contributed by atoms with van der Waals surface area (Å²) in [7, 11) is 0. The van der Waals surface area contributed by atoms with Gasteiger partial charge in [-0.2, -0.15) is 0 Å². The van der Waals surface area contributed by atoms with Gasteiger partial charge in [0.25, 0.3) is 0 Å². The summed E-state index contributed by atoms with van der Waals surface area (Å²) in [5.41, 5.74) is 8.63. The topological polar surface area (TPSA) is 15.3 Å². The maximum Gasteiger partial charge on any atom is 0.119 e. The first-order valence-electron chi connectivity index (χ1n) is 18.2. The van der Waals surface area contributed by atoms with Crippen LogP contribution in [0.25, 0.3) is 0 Å². The number of likely N-dealkylation sites (tertiary alicyclic amines) is 1. The molecule has 0 radical (unpaired) electrons. The molecule has 0 spiro atoms. The third-order valence-electron chi connectivity index (χ3n) is 12.3. The van der Waals surface area contributed by atoms with Gasteiger partial charge in [-0.1, -0.05) is 84.6 Å². The van der Waals surface area contributed by atoms with Crippen LogP contribution < -0.4 is 5.32 Å². The molecule has 1 N–H and O–H groups in total. The zero-order chi connectivity index (χ0) is 30.3. The molecule has 1 heterocycles. The summed E-state index contributed by atoms with van der Waals surface area (Å²) in [6, 6.07) is 1.46. The number of nitrogens with zero attached hydrogens (tertiary/aromatic N) is 1. The number of alkyl halides is 1. The Hall–Kier alpha value is -2.91. The Morgan fingerprint density at radius 1 is 0.867 bits per heavy atom. The van der Waals surface area contributed by atoms with Crippen molar-refractivity contribution in [3.05, 3.63) is 119 Å². The quantitative estimate of drug-likeness (QED) is 0.305. The van der Waals surface area contributed by atoms with Gasteiger partial charge in [0.05, 0.1) is 0 Å². The lowest BCUT2D eigenvalue weighted by atomic mass is 9.66. The van der Waals surface area contributed by atoms with E-state index in [-0.39, 0.29) is 0 Å². The summed E-state index contributed by atoms with van der Waals surface area (Å²) < 4.78 is 15.0. The van der Waals surface area contributed by atoms with Crippen molar-refractivity contribution in [2.45, 2.75) is 108 Å². The molecule has 0 saturated carbocycles. The second-order valence-electron chi connectivity index (χ2n) is 14.8. The van der Waals surface area contributed by atoms with Crippen molar-refractivity contribution >= 4 is 0 Å². The Balaban J connectivity index is 1.02. The van der Waals surface area contributed by atoms with Crippen molar-refractivity contribution in [2.75, 3.05) is 0 Å². The van der Waals surface area contributed by atoms with Crippen LogP contribution in [0.4, 0.5) is 4.39 Å². The van der Waals surface area contributed by atoms with Crippen molar-refractivity contribution in [1.29, 1.82) is 0 Å². The highest BCUT2D eigenvalue weighted by molar-refractivity contribution is 5.43. The fourth-order valence-electron chi connectivity index (χ4n) is 10.3. The van der Waals surface area contributed by atoms with Crippen LogP contribution in [0.3, 0.4) is 0 Å². The van der Waals surface area contributed by atoms with E-state index < -0.39 is 6.17 Å². The highest BCUT2D eigenvalue weighted by atomic mass is 19.1. The molecule has 0 aromatic rings. The van der Waals surface area contributed by atoms with Crippen molar-refractivity contribution in [3.63, 3.8) is 0 Å². The zero-order valence-electron chi connectivity index (χ0n) is 27.1. The predicted molar refractivity (Wildman–Crippen MR) is 185 cm³/mol. The summed E-state index contributed by atoms with van der Waals surface area (Å²) in [6.07, 6.45) is 46.1. The first kappa shape index (κ1) is 29.5. The van der Waals surface area contributed by atoms with Gasteiger partial charge in [0.1, 0.15) is 6.17 Å². The van der Waals surface area contributed by atoms with E-state index in [4.69, 9.17) is 0 Å². The number of fused-ring (bicyclic) bond motifs is 4. The van der Waals surface area contributed by atoms with Crippen LogP contribution in [-0.4, -0.2) is 29.2 Å². The normalized spacial score (nSPS) is 37.8. The molecule has 3 heteroatoms. The molecule has 1 fully saturated rings. The molecule has 236 valence electrons. The average Bonchev–Trinajstić information content (AvgIpc) is 3.43. The Morgan fingerprint density at radius 2 is 1.78 bits per heavy atom. The lowest BCUT2D eigenvalue weighted by molar-refractivity contribution is 0.252. The summed E-state index contributed by atoms with van der Waals surface area (Å²) in [5.74, 6) is 2.56. The van der Waals surface area contributed by atoms with Crippen LogP contribution in [0.2, 0.25) is 0 Å². The SMILES string of the molecule is CC(F)C1=C(C2CC=C(N3C4=CC=CC(NC5CCC=C(C6=CCCC=C6)C5)C4C4CC=CCC43)CC2)C2C=CC=CC2CC1. The lowest BCUT2D eigenvalue weighted by Gasteiger charge is -2.41. The number of rotatable bonds is 6. The van der Waals surface area contributed by atoms with Gasteiger partial charge in [-0.3, -0.25) is 0 Å². The van der Waals surface area contributed by atoms with E-state index in [0.717, 1.165) is 50.5 Å². The van der Waals surface area contributed by atoms with E-state index in [1.165, 1.54) is 48.9 Å². The summed E-state index contributed by atoms with van der Waals surface area (Å²) >= 11 is 0. The molecular weight excluding hydrogens is 551 g/mol. The minimum absolute atomic E-state index is 0.384. The van der Waals surface area contributed by atoms with Crippen molar-refractivity contribution in [1.82, 2.24) is 10.2 Å². The van der Waals surface area contributed by atoms with Crippen LogP contribution in [-0.2, 0) is 0 Å². The molecule has 9 unspecified atom stereocenters. The van der Waals surface area contributed by atoms with E-state index in [2.05, 4.69) is 95.3 Å². The largest absolute Gasteiger partial charge is 0.345 e. The monoisotopic (exact) mass is 602 g/mol. The Morgan fingerprint density at radius 3 is 2.62 bits per heavy atom. The fourth-order valence-corrected chi connectivity index (χ4v) is 10.3. The highest BCUT2D eigenvalue weighted by Gasteiger charge is 2.50. The number of hydrogen-bond donors (Lipinski definition) is 1. The van der Waals surface area contributed by atoms with Crippen molar-refractivity contribution in [3.8, 4) is 0 Å². The molecule has 2 nitrogen and oxygen atoms in total. The van der Waals surface area contributed by atoms with Gasteiger partial charge in [-0.15, -0.1) is 0 Å². The molecule has 1 aliphatic heterocycles. The fraction of sp³-hybridized carbons (Fsp3) is 0.524. The van der Waals surface area contributed by atoms with E-state index in [1.807, 2.05) is 0 Å². The standard InChI is InChI=1S/C42H51FN2/c1-28(43)35-26-23-30-13-5-6-16-36(30)41(35)31-21-24-34(25-22-31)45-39-19-8-7-17-37(39)42-38(18-10-20-40(42)45)44-33-15-9-14-32(27-33)29-11-3-2-4-12-29/h3,5-8,10-14,16,18,20,24,28,30-31,33,36-39,42,44H,2,4,9,15,17,19,21-23,25-27H2,1H3. The third kappa shape index (κ3) is 5.58. The minimum Gasteiger partial charge on any atom is -0.345 e. The molecule has 0 aromatic carbocycles. The smallest absolute Gasteiger partial charge is 0.119 e. The van der Waals surface area contributed by atoms with E-state index in [1.54, 1.807) is 18.2 Å². The second-order valence-corrected chi connectivity index (χ2v) is 14.8. The number of halogens is 1. The lowest BCUT2D eigenvalue weighted by Crippen LogP contribution is -2.45. The van der Waals surface area contributed by atoms with E-state index >= 15 is 4.39 Å². The molecule has 8 rings (SSSR count). The number of allylic oxidation sites excluding steroid dienone is 16. The maximum atomic E-state index is 15.0. The molecule has 0 aromatic heterocycles. The first-order chi connectivity index (χ1) is 22.2. The van der Waals surface area contributed by atoms with Crippen LogP contribution in [0.1, 0.15) is 84.0 Å². The predicted octanol–water partition coefficient (Wildman–Crippen LogP) is 9.91. The van der Waals surface area contributed by atoms with Gasteiger partial charge in [0.2, 0.25) is 0 Å². The Labute approximate surface area is 270 Å². The number of nitrogens with one attached hydrogen (secondary N) is 1. The van der Waals surface area contributed by atoms with Crippen LogP contribution in [0.5, 0.6) is 0 Å². The Bertz CT molecular complexity index is 1470. The van der Waals surface area contributed by atoms with Crippen LogP contribution >= 0.6 is 0 Å². The molecule has 45 heavy (non-hydrogen) atoms. The average molecular weight is 603 g/mol. The zero-order valence-corrected chi connectivity index (χ0v) is 27.1. The molecule has 8 aliphatic rings. The molecule has 0 amide bonds. The highest BCUT2D eigenvalue weighted by Crippen LogP contribution is 2.52. The van der Waals surface area contributed by atoms with Gasteiger partial charge in [-0.25, -0.2) is 4.39 Å². The second kappa shape index (κ2) is 12.7. The van der Waals surface area contributed by atoms with Crippen molar-refractivity contribution in [2.24, 2.45) is 29.6 Å². The van der Waals surface area contributed by atoms with Gasteiger partial charge in [0, 0.05) is 41.4 Å².